The third-order valence-corrected chi connectivity index (χ3v) is 14.2. The molecule has 3 nitrogen and oxygen atoms in total. The molecule has 6 aliphatic rings. The van der Waals surface area contributed by atoms with Gasteiger partial charge >= 0.3 is 5.97 Å². The topological polar surface area (TPSA) is 46.5 Å². The van der Waals surface area contributed by atoms with Crippen LogP contribution in [-0.4, -0.2) is 23.3 Å². The van der Waals surface area contributed by atoms with Crippen LogP contribution in [0.25, 0.3) is 0 Å². The molecule has 186 valence electrons. The van der Waals surface area contributed by atoms with Crippen molar-refractivity contribution in [3.63, 3.8) is 0 Å². The Kier molecular flexibility index (Phi) is 4.57. The summed E-state index contributed by atoms with van der Waals surface area (Å²) in [6, 6.07) is 0. The minimum absolute atomic E-state index is 0.0373. The van der Waals surface area contributed by atoms with Gasteiger partial charge in [0.05, 0.1) is 11.5 Å². The molecule has 33 heavy (non-hydrogen) atoms. The molecule has 1 heterocycles. The van der Waals surface area contributed by atoms with Crippen LogP contribution in [-0.2, 0) is 9.53 Å². The molecule has 3 heteroatoms. The van der Waals surface area contributed by atoms with Gasteiger partial charge in [-0.05, 0) is 109 Å². The van der Waals surface area contributed by atoms with Gasteiger partial charge in [-0.2, -0.15) is 0 Å². The van der Waals surface area contributed by atoms with Gasteiger partial charge in [-0.3, -0.25) is 4.79 Å². The highest BCUT2D eigenvalue weighted by Crippen LogP contribution is 2.78. The molecule has 1 saturated heterocycles. The van der Waals surface area contributed by atoms with E-state index in [0.717, 1.165) is 32.1 Å². The van der Waals surface area contributed by atoms with E-state index in [9.17, 15) is 9.90 Å². The molecule has 12 atom stereocenters. The Morgan fingerprint density at radius 2 is 1.55 bits per heavy atom. The van der Waals surface area contributed by atoms with Gasteiger partial charge in [-0.15, -0.1) is 0 Å². The smallest absolute Gasteiger partial charge is 0.312 e. The van der Waals surface area contributed by atoms with Gasteiger partial charge in [0, 0.05) is 5.92 Å². The second-order valence-corrected chi connectivity index (χ2v) is 15.1. The quantitative estimate of drug-likeness (QED) is 0.417. The molecule has 2 bridgehead atoms. The van der Waals surface area contributed by atoms with Gasteiger partial charge in [0.15, 0.2) is 0 Å². The van der Waals surface area contributed by atoms with Crippen LogP contribution in [0.3, 0.4) is 0 Å². The van der Waals surface area contributed by atoms with Crippen LogP contribution in [0.5, 0.6) is 0 Å². The number of carbonyl (C=O) groups excluding carboxylic acids is 1. The van der Waals surface area contributed by atoms with E-state index >= 15 is 0 Å². The molecule has 1 N–H and O–H groups in total. The maximum Gasteiger partial charge on any atom is 0.312 e. The van der Waals surface area contributed by atoms with Crippen LogP contribution < -0.4 is 0 Å². The highest BCUT2D eigenvalue weighted by molar-refractivity contribution is 5.79. The number of hydrogen-bond donors (Lipinski definition) is 1. The fraction of sp³-hybridized carbons (Fsp3) is 0.967. The molecule has 0 unspecified atom stereocenters. The molecule has 5 aliphatic carbocycles. The number of fused-ring (bicyclic) bond motifs is 4. The van der Waals surface area contributed by atoms with Crippen LogP contribution in [0.4, 0.5) is 0 Å². The zero-order valence-electron chi connectivity index (χ0n) is 22.2. The van der Waals surface area contributed by atoms with Crippen molar-refractivity contribution in [1.29, 1.82) is 0 Å². The van der Waals surface area contributed by atoms with Crippen LogP contribution >= 0.6 is 0 Å². The van der Waals surface area contributed by atoms with Gasteiger partial charge in [-0.1, -0.05) is 48.5 Å². The Morgan fingerprint density at radius 3 is 2.27 bits per heavy atom. The summed E-state index contributed by atoms with van der Waals surface area (Å²) >= 11 is 0. The van der Waals surface area contributed by atoms with Crippen LogP contribution in [0.2, 0.25) is 0 Å². The Bertz CT molecular complexity index is 865. The monoisotopic (exact) mass is 456 g/mol. The number of rotatable bonds is 0. The summed E-state index contributed by atoms with van der Waals surface area (Å²) in [4.78, 5) is 13.7. The Balaban J connectivity index is 1.47. The van der Waals surface area contributed by atoms with Crippen molar-refractivity contribution >= 4 is 5.97 Å². The van der Waals surface area contributed by atoms with Gasteiger partial charge < -0.3 is 9.84 Å². The summed E-state index contributed by atoms with van der Waals surface area (Å²) in [6.45, 7) is 17.3. The first kappa shape index (κ1) is 22.9. The van der Waals surface area contributed by atoms with E-state index < -0.39 is 0 Å². The number of hydrogen-bond acceptors (Lipinski definition) is 3. The first-order valence-electron chi connectivity index (χ1n) is 14.2. The molecule has 0 spiro atoms. The van der Waals surface area contributed by atoms with Crippen LogP contribution in [0.15, 0.2) is 0 Å². The molecule has 0 aromatic rings. The van der Waals surface area contributed by atoms with E-state index in [4.69, 9.17) is 4.74 Å². The first-order valence-corrected chi connectivity index (χ1v) is 14.2. The largest absolute Gasteiger partial charge is 0.462 e. The fourth-order valence-corrected chi connectivity index (χ4v) is 11.9. The van der Waals surface area contributed by atoms with Crippen molar-refractivity contribution in [1.82, 2.24) is 0 Å². The number of aliphatic hydroxyl groups is 1. The average molecular weight is 457 g/mol. The lowest BCUT2D eigenvalue weighted by molar-refractivity contribution is -0.305. The molecule has 0 aromatic carbocycles. The second-order valence-electron chi connectivity index (χ2n) is 15.1. The first-order chi connectivity index (χ1) is 15.3. The summed E-state index contributed by atoms with van der Waals surface area (Å²) < 4.78 is 6.54. The third-order valence-electron chi connectivity index (χ3n) is 14.2. The van der Waals surface area contributed by atoms with E-state index in [2.05, 4.69) is 48.5 Å². The zero-order valence-corrected chi connectivity index (χ0v) is 22.2. The SMILES string of the molecule is C[C@@H]1[C@H]2[C@@H]3[C@H]4C[C@@H]5[C@@]6(C)CC[C@H](O)C(C)(C)[C@H]6CC[C@@]5(C)[C@]3(C)CC[C@]2(CC[C@H]1C)C(=O)O4. The lowest BCUT2D eigenvalue weighted by atomic mass is 9.30. The van der Waals surface area contributed by atoms with Gasteiger partial charge in [0.1, 0.15) is 6.10 Å². The van der Waals surface area contributed by atoms with E-state index in [1.54, 1.807) is 0 Å². The maximum atomic E-state index is 13.7. The van der Waals surface area contributed by atoms with E-state index in [1.165, 1.54) is 25.7 Å². The van der Waals surface area contributed by atoms with Crippen molar-refractivity contribution in [3.05, 3.63) is 0 Å². The predicted octanol–water partition coefficient (Wildman–Crippen LogP) is 6.62. The van der Waals surface area contributed by atoms with Crippen molar-refractivity contribution in [2.75, 3.05) is 0 Å². The summed E-state index contributed by atoms with van der Waals surface area (Å²) in [7, 11) is 0. The minimum atomic E-state index is -0.201. The fourth-order valence-electron chi connectivity index (χ4n) is 11.9. The lowest BCUT2D eigenvalue weighted by Gasteiger charge is -2.76. The van der Waals surface area contributed by atoms with Crippen molar-refractivity contribution < 1.29 is 14.6 Å². The zero-order chi connectivity index (χ0) is 23.8. The van der Waals surface area contributed by atoms with E-state index in [1.807, 2.05) is 0 Å². The van der Waals surface area contributed by atoms with Crippen LogP contribution in [0.1, 0.15) is 106 Å². The summed E-state index contributed by atoms with van der Waals surface area (Å²) in [5.41, 5.74) is 0.495. The van der Waals surface area contributed by atoms with Gasteiger partial charge in [-0.25, -0.2) is 0 Å². The molecule has 6 fully saturated rings. The summed E-state index contributed by atoms with van der Waals surface area (Å²) in [5, 5.41) is 10.9. The molecule has 0 aromatic heterocycles. The molecule has 5 saturated carbocycles. The molecule has 1 aliphatic heterocycles. The van der Waals surface area contributed by atoms with Crippen LogP contribution in [0, 0.1) is 62.6 Å². The third kappa shape index (κ3) is 2.45. The molecular formula is C30H48O3. The minimum Gasteiger partial charge on any atom is -0.462 e. The van der Waals surface area contributed by atoms with Crippen molar-refractivity contribution in [2.24, 2.45) is 62.6 Å². The molecule has 6 rings (SSSR count). The van der Waals surface area contributed by atoms with E-state index in [0.29, 0.717) is 35.5 Å². The average Bonchev–Trinajstić information content (AvgIpc) is 2.75. The standard InChI is InChI=1S/C30H48O3/c1-17-8-13-30-15-14-29(7)24(23(30)18(17)2)19(33-25(30)32)16-21-27(5)11-10-22(31)26(3,4)20(27)9-12-28(21,29)6/h17-24,31H,8-16H2,1-7H3/t17-,18+,19-,20-,21-,22+,23+,24+,27+,28-,29-,30+/m1/s1. The number of carbonyl (C=O) groups is 1. The number of aliphatic hydroxyl groups excluding tert-OH is 1. The number of ether oxygens (including phenoxy) is 1. The highest BCUT2D eigenvalue weighted by atomic mass is 16.5. The molecule has 0 amide bonds. The second kappa shape index (κ2) is 6.60. The Morgan fingerprint density at radius 1 is 0.818 bits per heavy atom. The van der Waals surface area contributed by atoms with Crippen molar-refractivity contribution in [3.8, 4) is 0 Å². The lowest BCUT2D eigenvalue weighted by Crippen LogP contribution is -2.73. The molecular weight excluding hydrogens is 408 g/mol. The van der Waals surface area contributed by atoms with Gasteiger partial charge in [0.2, 0.25) is 0 Å². The summed E-state index contributed by atoms with van der Waals surface area (Å²) in [5.74, 6) is 3.60. The summed E-state index contributed by atoms with van der Waals surface area (Å²) in [6.07, 6.45) is 9.95. The van der Waals surface area contributed by atoms with Gasteiger partial charge in [0.25, 0.3) is 0 Å². The Labute approximate surface area is 201 Å². The Hall–Kier alpha value is -0.570. The van der Waals surface area contributed by atoms with Crippen molar-refractivity contribution in [2.45, 2.75) is 118 Å². The van der Waals surface area contributed by atoms with E-state index in [-0.39, 0.29) is 45.3 Å². The maximum absolute atomic E-state index is 13.7. The normalized spacial score (nSPS) is 61.3. The number of esters is 1. The molecule has 0 radical (unpaired) electrons. The highest BCUT2D eigenvalue weighted by Gasteiger charge is 2.75. The predicted molar refractivity (Wildman–Crippen MR) is 130 cm³/mol.